The smallest absolute Gasteiger partial charge is 0.232 e. The van der Waals surface area contributed by atoms with Crippen LogP contribution in [0.5, 0.6) is 5.75 Å². The van der Waals surface area contributed by atoms with Crippen molar-refractivity contribution in [3.63, 3.8) is 0 Å². The van der Waals surface area contributed by atoms with Crippen LogP contribution >= 0.6 is 0 Å². The van der Waals surface area contributed by atoms with Crippen LogP contribution in [0.25, 0.3) is 0 Å². The van der Waals surface area contributed by atoms with E-state index in [1.807, 2.05) is 0 Å². The van der Waals surface area contributed by atoms with Crippen molar-refractivity contribution >= 4 is 11.6 Å². The summed E-state index contributed by atoms with van der Waals surface area (Å²) in [4.78, 5) is 11.8. The summed E-state index contributed by atoms with van der Waals surface area (Å²) in [5.41, 5.74) is 0.199. The number of methoxy groups -OCH3 is 1. The number of nitrogens with one attached hydrogen (secondary N) is 1. The molecule has 2 rings (SSSR count). The summed E-state index contributed by atoms with van der Waals surface area (Å²) >= 11 is 0. The predicted molar refractivity (Wildman–Crippen MR) is 60.4 cm³/mol. The lowest BCUT2D eigenvalue weighted by Crippen LogP contribution is -2.27. The normalized spacial score (nSPS) is 16.6. The van der Waals surface area contributed by atoms with Gasteiger partial charge in [0.15, 0.2) is 0 Å². The summed E-state index contributed by atoms with van der Waals surface area (Å²) < 4.78 is 5.02. The average molecular weight is 221 g/mol. The van der Waals surface area contributed by atoms with Crippen molar-refractivity contribution in [3.8, 4) is 5.75 Å². The van der Waals surface area contributed by atoms with E-state index in [2.05, 4.69) is 5.32 Å². The zero-order chi connectivity index (χ0) is 11.6. The Morgan fingerprint density at radius 3 is 2.50 bits per heavy atom. The standard InChI is InChI=1S/C12H15NO3/c1-16-10-4-2-9(3-5-10)13-11(15)12(8-14)6-7-12/h2-5,14H,6-8H2,1H3,(H,13,15). The van der Waals surface area contributed by atoms with Crippen LogP contribution in [-0.4, -0.2) is 24.7 Å². The third kappa shape index (κ3) is 2.02. The van der Waals surface area contributed by atoms with E-state index in [4.69, 9.17) is 9.84 Å². The van der Waals surface area contributed by atoms with E-state index in [-0.39, 0.29) is 12.5 Å². The van der Waals surface area contributed by atoms with Crippen molar-refractivity contribution in [2.45, 2.75) is 12.8 Å². The molecule has 1 aromatic carbocycles. The average Bonchev–Trinajstić information content (AvgIpc) is 3.11. The number of aliphatic hydroxyl groups is 1. The van der Waals surface area contributed by atoms with Crippen LogP contribution in [0.2, 0.25) is 0 Å². The van der Waals surface area contributed by atoms with Gasteiger partial charge in [-0.3, -0.25) is 4.79 Å². The second-order valence-electron chi connectivity index (χ2n) is 4.12. The molecular formula is C12H15NO3. The molecule has 4 heteroatoms. The molecular weight excluding hydrogens is 206 g/mol. The van der Waals surface area contributed by atoms with Gasteiger partial charge in [-0.1, -0.05) is 0 Å². The van der Waals surface area contributed by atoms with Gasteiger partial charge in [-0.15, -0.1) is 0 Å². The Labute approximate surface area is 94.2 Å². The molecule has 0 spiro atoms. The highest BCUT2D eigenvalue weighted by molar-refractivity contribution is 5.97. The third-order valence-corrected chi connectivity index (χ3v) is 2.99. The Bertz CT molecular complexity index is 382. The molecule has 1 aliphatic rings. The molecule has 2 N–H and O–H groups in total. The number of anilines is 1. The lowest BCUT2D eigenvalue weighted by atomic mass is 10.1. The zero-order valence-corrected chi connectivity index (χ0v) is 9.19. The number of hydrogen-bond acceptors (Lipinski definition) is 3. The van der Waals surface area contributed by atoms with Gasteiger partial charge in [0.2, 0.25) is 5.91 Å². The maximum atomic E-state index is 11.8. The van der Waals surface area contributed by atoms with E-state index in [0.29, 0.717) is 0 Å². The SMILES string of the molecule is COc1ccc(NC(=O)C2(CO)CC2)cc1. The molecule has 0 aromatic heterocycles. The Morgan fingerprint density at radius 2 is 2.06 bits per heavy atom. The van der Waals surface area contributed by atoms with E-state index < -0.39 is 5.41 Å². The highest BCUT2D eigenvalue weighted by Crippen LogP contribution is 2.45. The van der Waals surface area contributed by atoms with Gasteiger partial charge in [-0.05, 0) is 37.1 Å². The van der Waals surface area contributed by atoms with Crippen molar-refractivity contribution in [1.29, 1.82) is 0 Å². The van der Waals surface area contributed by atoms with Crippen LogP contribution in [0.4, 0.5) is 5.69 Å². The molecule has 0 bridgehead atoms. The van der Waals surface area contributed by atoms with Crippen molar-refractivity contribution in [3.05, 3.63) is 24.3 Å². The minimum Gasteiger partial charge on any atom is -0.497 e. The Hall–Kier alpha value is -1.55. The van der Waals surface area contributed by atoms with Crippen LogP contribution in [0.3, 0.4) is 0 Å². The molecule has 4 nitrogen and oxygen atoms in total. The van der Waals surface area contributed by atoms with E-state index >= 15 is 0 Å². The number of ether oxygens (including phenoxy) is 1. The van der Waals surface area contributed by atoms with Crippen molar-refractivity contribution in [2.75, 3.05) is 19.0 Å². The first-order valence-electron chi connectivity index (χ1n) is 5.26. The molecule has 1 aromatic rings. The lowest BCUT2D eigenvalue weighted by Gasteiger charge is -2.12. The van der Waals surface area contributed by atoms with Crippen molar-refractivity contribution in [2.24, 2.45) is 5.41 Å². The fourth-order valence-electron chi connectivity index (χ4n) is 1.55. The number of amides is 1. The quantitative estimate of drug-likeness (QED) is 0.808. The van der Waals surface area contributed by atoms with Crippen LogP contribution in [-0.2, 0) is 4.79 Å². The maximum absolute atomic E-state index is 11.8. The fraction of sp³-hybridized carbons (Fsp3) is 0.417. The van der Waals surface area contributed by atoms with Gasteiger partial charge in [0.25, 0.3) is 0 Å². The van der Waals surface area contributed by atoms with Crippen LogP contribution in [0.1, 0.15) is 12.8 Å². The summed E-state index contributed by atoms with van der Waals surface area (Å²) in [6.07, 6.45) is 1.54. The first kappa shape index (κ1) is 11.0. The van der Waals surface area contributed by atoms with Gasteiger partial charge >= 0.3 is 0 Å². The highest BCUT2D eigenvalue weighted by atomic mass is 16.5. The molecule has 0 atom stereocenters. The largest absolute Gasteiger partial charge is 0.497 e. The Morgan fingerprint density at radius 1 is 1.44 bits per heavy atom. The molecule has 0 unspecified atom stereocenters. The fourth-order valence-corrected chi connectivity index (χ4v) is 1.55. The molecule has 0 saturated heterocycles. The number of carbonyl (C=O) groups is 1. The first-order valence-corrected chi connectivity index (χ1v) is 5.26. The maximum Gasteiger partial charge on any atom is 0.232 e. The van der Waals surface area contributed by atoms with Gasteiger partial charge < -0.3 is 15.2 Å². The number of hydrogen-bond donors (Lipinski definition) is 2. The monoisotopic (exact) mass is 221 g/mol. The highest BCUT2D eigenvalue weighted by Gasteiger charge is 2.49. The topological polar surface area (TPSA) is 58.6 Å². The lowest BCUT2D eigenvalue weighted by molar-refractivity contribution is -0.122. The molecule has 0 radical (unpaired) electrons. The van der Waals surface area contributed by atoms with E-state index in [1.165, 1.54) is 0 Å². The van der Waals surface area contributed by atoms with Gasteiger partial charge in [0, 0.05) is 5.69 Å². The summed E-state index contributed by atoms with van der Waals surface area (Å²) in [7, 11) is 1.60. The molecule has 0 aliphatic heterocycles. The van der Waals surface area contributed by atoms with Crippen LogP contribution in [0.15, 0.2) is 24.3 Å². The van der Waals surface area contributed by atoms with E-state index in [1.54, 1.807) is 31.4 Å². The first-order chi connectivity index (χ1) is 7.70. The summed E-state index contributed by atoms with van der Waals surface area (Å²) in [5.74, 6) is 0.654. The third-order valence-electron chi connectivity index (χ3n) is 2.99. The molecule has 0 heterocycles. The molecule has 1 amide bonds. The van der Waals surface area contributed by atoms with Gasteiger partial charge in [0.1, 0.15) is 5.75 Å². The summed E-state index contributed by atoms with van der Waals surface area (Å²) in [6, 6.07) is 7.14. The minimum absolute atomic E-state index is 0.0744. The molecule has 16 heavy (non-hydrogen) atoms. The molecule has 86 valence electrons. The zero-order valence-electron chi connectivity index (χ0n) is 9.19. The molecule has 1 fully saturated rings. The predicted octanol–water partition coefficient (Wildman–Crippen LogP) is 1.41. The number of aliphatic hydroxyl groups excluding tert-OH is 1. The molecule has 1 saturated carbocycles. The summed E-state index contributed by atoms with van der Waals surface area (Å²) in [5, 5.41) is 11.9. The van der Waals surface area contributed by atoms with Gasteiger partial charge in [0.05, 0.1) is 19.1 Å². The van der Waals surface area contributed by atoms with Crippen molar-refractivity contribution < 1.29 is 14.6 Å². The van der Waals surface area contributed by atoms with Crippen LogP contribution < -0.4 is 10.1 Å². The second kappa shape index (κ2) is 4.14. The number of carbonyl (C=O) groups excluding carboxylic acids is 1. The second-order valence-corrected chi connectivity index (χ2v) is 4.12. The number of benzene rings is 1. The Kier molecular flexibility index (Phi) is 2.83. The van der Waals surface area contributed by atoms with Gasteiger partial charge in [-0.25, -0.2) is 0 Å². The van der Waals surface area contributed by atoms with E-state index in [9.17, 15) is 4.79 Å². The van der Waals surface area contributed by atoms with Gasteiger partial charge in [-0.2, -0.15) is 0 Å². The number of rotatable bonds is 4. The minimum atomic E-state index is -0.528. The molecule has 1 aliphatic carbocycles. The van der Waals surface area contributed by atoms with Crippen molar-refractivity contribution in [1.82, 2.24) is 0 Å². The van der Waals surface area contributed by atoms with Crippen LogP contribution in [0, 0.1) is 5.41 Å². The Balaban J connectivity index is 2.01. The van der Waals surface area contributed by atoms with E-state index in [0.717, 1.165) is 24.3 Å². The summed E-state index contributed by atoms with van der Waals surface area (Å²) in [6.45, 7) is -0.0744.